The Hall–Kier alpha value is -2.01. The maximum absolute atomic E-state index is 12.1. The average Bonchev–Trinajstić information content (AvgIpc) is 2.50. The fourth-order valence-electron chi connectivity index (χ4n) is 1.91. The third-order valence-electron chi connectivity index (χ3n) is 2.99. The van der Waals surface area contributed by atoms with Crippen LogP contribution in [0.1, 0.15) is 5.56 Å². The van der Waals surface area contributed by atoms with Crippen molar-refractivity contribution in [3.05, 3.63) is 52.5 Å². The summed E-state index contributed by atoms with van der Waals surface area (Å²) in [5, 5.41) is 2.85. The summed E-state index contributed by atoms with van der Waals surface area (Å²) in [7, 11) is 3.14. The largest absolute Gasteiger partial charge is 0.497 e. The molecule has 0 saturated carbocycles. The van der Waals surface area contributed by atoms with E-state index in [9.17, 15) is 4.79 Å². The van der Waals surface area contributed by atoms with Gasteiger partial charge in [-0.15, -0.1) is 0 Å². The van der Waals surface area contributed by atoms with Crippen molar-refractivity contribution < 1.29 is 14.3 Å². The van der Waals surface area contributed by atoms with Crippen molar-refractivity contribution in [3.63, 3.8) is 0 Å². The first-order valence-electron chi connectivity index (χ1n) is 6.39. The quantitative estimate of drug-likeness (QED) is 0.896. The second kappa shape index (κ2) is 7.13. The number of rotatable bonds is 5. The lowest BCUT2D eigenvalue weighted by molar-refractivity contribution is -0.115. The molecule has 0 atom stereocenters. The van der Waals surface area contributed by atoms with Crippen molar-refractivity contribution in [2.75, 3.05) is 19.5 Å². The number of ether oxygens (including phenoxy) is 2. The first kappa shape index (κ1) is 15.4. The van der Waals surface area contributed by atoms with Crippen molar-refractivity contribution >= 4 is 27.5 Å². The average molecular weight is 350 g/mol. The molecule has 0 aliphatic heterocycles. The van der Waals surface area contributed by atoms with Crippen LogP contribution in [0, 0.1) is 0 Å². The van der Waals surface area contributed by atoms with E-state index in [-0.39, 0.29) is 12.3 Å². The fourth-order valence-corrected chi connectivity index (χ4v) is 2.34. The molecule has 0 aliphatic carbocycles. The zero-order valence-corrected chi connectivity index (χ0v) is 13.4. The van der Waals surface area contributed by atoms with Crippen LogP contribution in [0.5, 0.6) is 11.5 Å². The van der Waals surface area contributed by atoms with Crippen LogP contribution < -0.4 is 14.8 Å². The summed E-state index contributed by atoms with van der Waals surface area (Å²) in [5.41, 5.74) is 1.55. The lowest BCUT2D eigenvalue weighted by atomic mass is 10.1. The van der Waals surface area contributed by atoms with E-state index in [2.05, 4.69) is 21.2 Å². The second-order valence-electron chi connectivity index (χ2n) is 4.38. The molecule has 21 heavy (non-hydrogen) atoms. The van der Waals surface area contributed by atoms with Gasteiger partial charge in [0.2, 0.25) is 5.91 Å². The van der Waals surface area contributed by atoms with Crippen molar-refractivity contribution in [2.45, 2.75) is 6.42 Å². The summed E-state index contributed by atoms with van der Waals surface area (Å²) >= 11 is 3.44. The smallest absolute Gasteiger partial charge is 0.228 e. The summed E-state index contributed by atoms with van der Waals surface area (Å²) in [6.45, 7) is 0. The Balaban J connectivity index is 2.11. The second-order valence-corrected chi connectivity index (χ2v) is 5.24. The number of anilines is 1. The lowest BCUT2D eigenvalue weighted by Gasteiger charge is -2.12. The van der Waals surface area contributed by atoms with Crippen molar-refractivity contribution in [2.24, 2.45) is 0 Å². The zero-order chi connectivity index (χ0) is 15.2. The molecule has 2 rings (SSSR count). The molecule has 0 fully saturated rings. The summed E-state index contributed by atoms with van der Waals surface area (Å²) in [4.78, 5) is 12.1. The van der Waals surface area contributed by atoms with E-state index in [0.717, 1.165) is 10.0 Å². The van der Waals surface area contributed by atoms with Crippen LogP contribution in [0.25, 0.3) is 0 Å². The van der Waals surface area contributed by atoms with Crippen molar-refractivity contribution in [1.82, 2.24) is 0 Å². The van der Waals surface area contributed by atoms with Crippen LogP contribution in [0.2, 0.25) is 0 Å². The minimum Gasteiger partial charge on any atom is -0.497 e. The molecule has 0 unspecified atom stereocenters. The molecular formula is C16H16BrNO3. The highest BCUT2D eigenvalue weighted by Gasteiger charge is 2.10. The van der Waals surface area contributed by atoms with E-state index in [4.69, 9.17) is 9.47 Å². The van der Waals surface area contributed by atoms with Crippen LogP contribution in [0.15, 0.2) is 46.9 Å². The molecule has 0 spiro atoms. The van der Waals surface area contributed by atoms with Gasteiger partial charge in [-0.2, -0.15) is 0 Å². The molecular weight excluding hydrogens is 334 g/mol. The van der Waals surface area contributed by atoms with E-state index in [1.165, 1.54) is 0 Å². The van der Waals surface area contributed by atoms with E-state index in [1.807, 2.05) is 24.3 Å². The summed E-state index contributed by atoms with van der Waals surface area (Å²) in [5.74, 6) is 1.14. The number of amides is 1. The SMILES string of the molecule is COc1ccc(NC(=O)Cc2ccccc2Br)c(OC)c1. The van der Waals surface area contributed by atoms with Crippen LogP contribution in [0.3, 0.4) is 0 Å². The van der Waals surface area contributed by atoms with Gasteiger partial charge < -0.3 is 14.8 Å². The normalized spacial score (nSPS) is 10.0. The molecule has 4 nitrogen and oxygen atoms in total. The summed E-state index contributed by atoms with van der Waals surface area (Å²) in [6, 6.07) is 12.9. The number of halogens is 1. The van der Waals surface area contributed by atoms with Crippen LogP contribution in [-0.4, -0.2) is 20.1 Å². The number of nitrogens with one attached hydrogen (secondary N) is 1. The minimum atomic E-state index is -0.106. The molecule has 5 heteroatoms. The Labute approximate surface area is 132 Å². The molecule has 2 aromatic carbocycles. The standard InChI is InChI=1S/C16H16BrNO3/c1-20-12-7-8-14(15(10-12)21-2)18-16(19)9-11-5-3-4-6-13(11)17/h3-8,10H,9H2,1-2H3,(H,18,19). The van der Waals surface area contributed by atoms with Gasteiger partial charge in [0.1, 0.15) is 11.5 Å². The third-order valence-corrected chi connectivity index (χ3v) is 3.77. The highest BCUT2D eigenvalue weighted by atomic mass is 79.9. The van der Waals surface area contributed by atoms with Gasteiger partial charge in [-0.1, -0.05) is 34.1 Å². The molecule has 0 saturated heterocycles. The molecule has 2 aromatic rings. The van der Waals surface area contributed by atoms with Gasteiger partial charge in [0.25, 0.3) is 0 Å². The summed E-state index contributed by atoms with van der Waals surface area (Å²) in [6.07, 6.45) is 0.288. The monoisotopic (exact) mass is 349 g/mol. The minimum absolute atomic E-state index is 0.106. The zero-order valence-electron chi connectivity index (χ0n) is 11.9. The van der Waals surface area contributed by atoms with Crippen LogP contribution >= 0.6 is 15.9 Å². The first-order chi connectivity index (χ1) is 10.1. The van der Waals surface area contributed by atoms with E-state index >= 15 is 0 Å². The Morgan fingerprint density at radius 1 is 1.14 bits per heavy atom. The number of hydrogen-bond donors (Lipinski definition) is 1. The number of carbonyl (C=O) groups excluding carboxylic acids is 1. The van der Waals surface area contributed by atoms with E-state index in [1.54, 1.807) is 32.4 Å². The number of methoxy groups -OCH3 is 2. The van der Waals surface area contributed by atoms with Crippen molar-refractivity contribution in [3.8, 4) is 11.5 Å². The van der Waals surface area contributed by atoms with E-state index < -0.39 is 0 Å². The number of benzene rings is 2. The van der Waals surface area contributed by atoms with Gasteiger partial charge in [0.05, 0.1) is 26.3 Å². The molecule has 0 aliphatic rings. The molecule has 0 radical (unpaired) electrons. The fraction of sp³-hybridized carbons (Fsp3) is 0.188. The van der Waals surface area contributed by atoms with Gasteiger partial charge in [-0.05, 0) is 23.8 Å². The van der Waals surface area contributed by atoms with Crippen molar-refractivity contribution in [1.29, 1.82) is 0 Å². The van der Waals surface area contributed by atoms with Gasteiger partial charge in [-0.25, -0.2) is 0 Å². The van der Waals surface area contributed by atoms with Gasteiger partial charge >= 0.3 is 0 Å². The van der Waals surface area contributed by atoms with Gasteiger partial charge in [0, 0.05) is 10.5 Å². The number of carbonyl (C=O) groups is 1. The van der Waals surface area contributed by atoms with E-state index in [0.29, 0.717) is 17.2 Å². The molecule has 0 heterocycles. The maximum atomic E-state index is 12.1. The predicted molar refractivity (Wildman–Crippen MR) is 86.0 cm³/mol. The lowest BCUT2D eigenvalue weighted by Crippen LogP contribution is -2.15. The first-order valence-corrected chi connectivity index (χ1v) is 7.18. The highest BCUT2D eigenvalue weighted by Crippen LogP contribution is 2.29. The molecule has 1 N–H and O–H groups in total. The Morgan fingerprint density at radius 2 is 1.90 bits per heavy atom. The maximum Gasteiger partial charge on any atom is 0.228 e. The molecule has 1 amide bonds. The van der Waals surface area contributed by atoms with Gasteiger partial charge in [-0.3, -0.25) is 4.79 Å². The Morgan fingerprint density at radius 3 is 2.57 bits per heavy atom. The topological polar surface area (TPSA) is 47.6 Å². The highest BCUT2D eigenvalue weighted by molar-refractivity contribution is 9.10. The summed E-state index contributed by atoms with van der Waals surface area (Å²) < 4.78 is 11.3. The van der Waals surface area contributed by atoms with Crippen LogP contribution in [-0.2, 0) is 11.2 Å². The molecule has 0 bridgehead atoms. The Bertz CT molecular complexity index is 643. The third kappa shape index (κ3) is 3.98. The predicted octanol–water partition coefficient (Wildman–Crippen LogP) is 3.65. The van der Waals surface area contributed by atoms with Gasteiger partial charge in [0.15, 0.2) is 0 Å². The Kier molecular flexibility index (Phi) is 5.22. The van der Waals surface area contributed by atoms with Crippen LogP contribution in [0.4, 0.5) is 5.69 Å². The molecule has 110 valence electrons. The number of hydrogen-bond acceptors (Lipinski definition) is 3. The molecule has 0 aromatic heterocycles.